The number of hydrogen-bond donors (Lipinski definition) is 0. The van der Waals surface area contributed by atoms with E-state index in [9.17, 15) is 0 Å². The summed E-state index contributed by atoms with van der Waals surface area (Å²) in [7, 11) is 0. The van der Waals surface area contributed by atoms with Crippen LogP contribution in [0.1, 0.15) is 120 Å². The third-order valence-electron chi connectivity index (χ3n) is 21.2. The lowest BCUT2D eigenvalue weighted by Crippen LogP contribution is -2.68. The Bertz CT molecular complexity index is 4300. The fraction of sp³-hybridized carbons (Fsp3) is 0.205. The van der Waals surface area contributed by atoms with Crippen LogP contribution >= 0.6 is 0 Å². The summed E-state index contributed by atoms with van der Waals surface area (Å²) in [6.07, 6.45) is 4.60. The number of fused-ring (bicyclic) bond motifs is 3. The summed E-state index contributed by atoms with van der Waals surface area (Å²) in [6.45, 7) is 19.2. The number of rotatable bonds is 8. The maximum Gasteiger partial charge on any atom is 0.253 e. The SMILES string of the molecule is CC(C)(C)c1ccc(N2c3cc(N4c5ccc(-c6ccccc6)cc5C5(C)CCCCC45C)cc4c3B3c5c2cccc5C(c2ccccc2)(c2ccccc2)c2cccc(c23)N4c2ccc(C(C)(C)C)cc2-c2ccccc2)c(-c2ccccc2)c1. The molecule has 4 heteroatoms. The summed E-state index contributed by atoms with van der Waals surface area (Å²) in [4.78, 5) is 8.28. The van der Waals surface area contributed by atoms with Gasteiger partial charge in [0.2, 0.25) is 0 Å². The fourth-order valence-electron chi connectivity index (χ4n) is 16.7. The van der Waals surface area contributed by atoms with Gasteiger partial charge in [-0.15, -0.1) is 0 Å². The van der Waals surface area contributed by atoms with E-state index in [4.69, 9.17) is 0 Å². The van der Waals surface area contributed by atoms with Gasteiger partial charge in [0.1, 0.15) is 0 Å². The predicted octanol–water partition coefficient (Wildman–Crippen LogP) is 19.8. The van der Waals surface area contributed by atoms with Gasteiger partial charge in [0.15, 0.2) is 0 Å². The lowest BCUT2D eigenvalue weighted by Gasteiger charge is -2.53. The van der Waals surface area contributed by atoms with Crippen LogP contribution in [0.5, 0.6) is 0 Å². The van der Waals surface area contributed by atoms with Crippen LogP contribution in [0.25, 0.3) is 33.4 Å². The van der Waals surface area contributed by atoms with Crippen LogP contribution in [0.2, 0.25) is 0 Å². The summed E-state index contributed by atoms with van der Waals surface area (Å²) in [6, 6.07) is 98.3. The Hall–Kier alpha value is -9.12. The first-order chi connectivity index (χ1) is 42.2. The highest BCUT2D eigenvalue weighted by molar-refractivity contribution is 7.01. The third-order valence-corrected chi connectivity index (χ3v) is 21.2. The van der Waals surface area contributed by atoms with Crippen molar-refractivity contribution in [2.75, 3.05) is 14.7 Å². The van der Waals surface area contributed by atoms with Crippen molar-refractivity contribution in [2.45, 2.75) is 108 Å². The van der Waals surface area contributed by atoms with Gasteiger partial charge in [0, 0.05) is 50.7 Å². The van der Waals surface area contributed by atoms with Gasteiger partial charge in [0.05, 0.1) is 22.3 Å². The van der Waals surface area contributed by atoms with E-state index in [-0.39, 0.29) is 28.5 Å². The van der Waals surface area contributed by atoms with E-state index in [2.05, 4.69) is 325 Å². The molecule has 0 spiro atoms. The smallest absolute Gasteiger partial charge is 0.253 e. The van der Waals surface area contributed by atoms with Gasteiger partial charge in [-0.25, -0.2) is 0 Å². The van der Waals surface area contributed by atoms with Gasteiger partial charge >= 0.3 is 0 Å². The first kappa shape index (κ1) is 53.4. The molecule has 11 aromatic carbocycles. The summed E-state index contributed by atoms with van der Waals surface area (Å²) < 4.78 is 0. The Morgan fingerprint density at radius 3 is 1.25 bits per heavy atom. The zero-order valence-corrected chi connectivity index (χ0v) is 51.5. The van der Waals surface area contributed by atoms with Crippen LogP contribution in [-0.2, 0) is 21.7 Å². The van der Waals surface area contributed by atoms with E-state index in [1.807, 2.05) is 0 Å². The molecule has 87 heavy (non-hydrogen) atoms. The van der Waals surface area contributed by atoms with Gasteiger partial charge < -0.3 is 14.7 Å². The van der Waals surface area contributed by atoms with Crippen LogP contribution < -0.4 is 31.1 Å². The van der Waals surface area contributed by atoms with Gasteiger partial charge in [-0.05, 0) is 169 Å². The Morgan fingerprint density at radius 2 is 0.782 bits per heavy atom. The van der Waals surface area contributed by atoms with Crippen molar-refractivity contribution >= 4 is 68.6 Å². The van der Waals surface area contributed by atoms with Gasteiger partial charge in [0.25, 0.3) is 6.71 Å². The molecule has 16 rings (SSSR count). The molecule has 3 nitrogen and oxygen atoms in total. The van der Waals surface area contributed by atoms with Gasteiger partial charge in [-0.1, -0.05) is 255 Å². The first-order valence-electron chi connectivity index (χ1n) is 31.7. The molecule has 1 fully saturated rings. The van der Waals surface area contributed by atoms with Crippen molar-refractivity contribution in [3.63, 3.8) is 0 Å². The summed E-state index contributed by atoms with van der Waals surface area (Å²) in [5.74, 6) is 0. The molecule has 4 aliphatic heterocycles. The fourth-order valence-corrected chi connectivity index (χ4v) is 16.7. The van der Waals surface area contributed by atoms with Crippen LogP contribution in [-0.4, -0.2) is 12.3 Å². The second-order valence-electron chi connectivity index (χ2n) is 27.9. The van der Waals surface area contributed by atoms with Crippen molar-refractivity contribution in [3.8, 4) is 33.4 Å². The molecule has 2 atom stereocenters. The zero-order chi connectivity index (χ0) is 59.2. The maximum absolute atomic E-state index is 2.83. The van der Waals surface area contributed by atoms with Crippen molar-refractivity contribution in [2.24, 2.45) is 0 Å². The number of anilines is 8. The molecular weight excluding hydrogens is 1050 g/mol. The monoisotopic (exact) mass is 1120 g/mol. The Balaban J connectivity index is 1.08. The maximum atomic E-state index is 2.83. The summed E-state index contributed by atoms with van der Waals surface area (Å²) in [5, 5.41) is 0. The second-order valence-corrected chi connectivity index (χ2v) is 27.9. The number of nitrogens with zero attached hydrogens (tertiary/aromatic N) is 3. The molecule has 1 aliphatic carbocycles. The molecule has 2 unspecified atom stereocenters. The highest BCUT2D eigenvalue weighted by Crippen LogP contribution is 2.63. The van der Waals surface area contributed by atoms with Crippen molar-refractivity contribution < 1.29 is 0 Å². The van der Waals surface area contributed by atoms with Crippen molar-refractivity contribution in [3.05, 3.63) is 294 Å². The summed E-state index contributed by atoms with van der Waals surface area (Å²) >= 11 is 0. The van der Waals surface area contributed by atoms with Crippen molar-refractivity contribution in [1.29, 1.82) is 0 Å². The Morgan fingerprint density at radius 1 is 0.345 bits per heavy atom. The molecule has 0 aromatic heterocycles. The van der Waals surface area contributed by atoms with E-state index in [1.54, 1.807) is 0 Å². The molecule has 4 heterocycles. The second kappa shape index (κ2) is 19.4. The highest BCUT2D eigenvalue weighted by Gasteiger charge is 2.60. The van der Waals surface area contributed by atoms with E-state index >= 15 is 0 Å². The normalized spacial score (nSPS) is 18.5. The van der Waals surface area contributed by atoms with Gasteiger partial charge in [-0.2, -0.15) is 0 Å². The minimum Gasteiger partial charge on any atom is -0.334 e. The van der Waals surface area contributed by atoms with Crippen LogP contribution in [0.15, 0.2) is 255 Å². The minimum atomic E-state index is -0.684. The predicted molar refractivity (Wildman–Crippen MR) is 369 cm³/mol. The standard InChI is InChI=1S/C83H74BN3/c1-79(2,3)61-43-46-69(64(51-61)56-30-16-10-17-31-56)85-72-40-26-38-66-76(72)84-77-67(83(66,59-34-20-12-21-35-59)60-36-22-13-23-37-60)39-27-41-73(77)86(70-47-44-62(80(4,5)6)52-65(70)57-32-18-11-19-33-57)75-54-63(53-74(85)78(75)84)87-71-45-42-58(55-28-14-9-15-29-55)50-68(71)81(7)48-24-25-49-82(81,87)8/h9-23,26-47,50-54H,24-25,48-49H2,1-8H3. The molecule has 11 aromatic rings. The van der Waals surface area contributed by atoms with E-state index in [0.29, 0.717) is 0 Å². The molecule has 0 bridgehead atoms. The van der Waals surface area contributed by atoms with Crippen LogP contribution in [0, 0.1) is 0 Å². The lowest BCUT2D eigenvalue weighted by molar-refractivity contribution is 0.195. The highest BCUT2D eigenvalue weighted by atomic mass is 15.3. The zero-order valence-electron chi connectivity index (χ0n) is 51.5. The molecule has 0 saturated heterocycles. The Labute approximate surface area is 515 Å². The Kier molecular flexibility index (Phi) is 11.9. The number of hydrogen-bond acceptors (Lipinski definition) is 3. The van der Waals surface area contributed by atoms with Crippen LogP contribution in [0.4, 0.5) is 45.5 Å². The molecule has 1 saturated carbocycles. The average molecular weight is 1120 g/mol. The molecule has 0 amide bonds. The minimum absolute atomic E-state index is 0.0871. The summed E-state index contributed by atoms with van der Waals surface area (Å²) in [5.41, 5.74) is 29.2. The molecule has 0 N–H and O–H groups in total. The third kappa shape index (κ3) is 7.75. The van der Waals surface area contributed by atoms with Crippen molar-refractivity contribution in [1.82, 2.24) is 0 Å². The molecular formula is C83H74BN3. The van der Waals surface area contributed by atoms with E-state index < -0.39 is 5.41 Å². The topological polar surface area (TPSA) is 9.72 Å². The van der Waals surface area contributed by atoms with E-state index in [1.165, 1.54) is 147 Å². The molecule has 424 valence electrons. The van der Waals surface area contributed by atoms with Crippen LogP contribution in [0.3, 0.4) is 0 Å². The quantitative estimate of drug-likeness (QED) is 0.140. The molecule has 5 aliphatic rings. The average Bonchev–Trinajstić information content (AvgIpc) is 1.16. The first-order valence-corrected chi connectivity index (χ1v) is 31.7. The largest absolute Gasteiger partial charge is 0.334 e. The van der Waals surface area contributed by atoms with Gasteiger partial charge in [-0.3, -0.25) is 0 Å². The van der Waals surface area contributed by atoms with E-state index in [0.717, 1.165) is 12.8 Å². The molecule has 0 radical (unpaired) electrons. The number of benzene rings is 11. The lowest BCUT2D eigenvalue weighted by atomic mass is 9.28.